The minimum absolute atomic E-state index is 0.0561. The van der Waals surface area contributed by atoms with Gasteiger partial charge in [-0.15, -0.1) is 0 Å². The van der Waals surface area contributed by atoms with E-state index in [0.717, 1.165) is 6.42 Å². The van der Waals surface area contributed by atoms with E-state index in [1.807, 2.05) is 0 Å². The van der Waals surface area contributed by atoms with Gasteiger partial charge in [0, 0.05) is 13.5 Å². The highest BCUT2D eigenvalue weighted by Crippen LogP contribution is 2.31. The Labute approximate surface area is 78.7 Å². The largest absolute Gasteiger partial charge is 0.379 e. The highest BCUT2D eigenvalue weighted by molar-refractivity contribution is 5.39. The highest BCUT2D eigenvalue weighted by Gasteiger charge is 2.29. The fourth-order valence-corrected chi connectivity index (χ4v) is 2.01. The zero-order valence-electron chi connectivity index (χ0n) is 8.08. The Morgan fingerprint density at radius 2 is 2.23 bits per heavy atom. The molecule has 0 unspecified atom stereocenters. The first-order valence-electron chi connectivity index (χ1n) is 4.60. The van der Waals surface area contributed by atoms with Gasteiger partial charge in [0.25, 0.3) is 0 Å². The van der Waals surface area contributed by atoms with Gasteiger partial charge in [0.05, 0.1) is 12.1 Å². The van der Waals surface area contributed by atoms with E-state index in [9.17, 15) is 0 Å². The molecule has 1 aromatic rings. The van der Waals surface area contributed by atoms with Gasteiger partial charge >= 0.3 is 0 Å². The van der Waals surface area contributed by atoms with Gasteiger partial charge in [-0.05, 0) is 18.1 Å². The summed E-state index contributed by atoms with van der Waals surface area (Å²) in [6.07, 6.45) is 1.12. The molecule has 1 aromatic carbocycles. The molecule has 2 rings (SSSR count). The van der Waals surface area contributed by atoms with Gasteiger partial charge in [-0.3, -0.25) is 0 Å². The molecule has 13 heavy (non-hydrogen) atoms. The first-order chi connectivity index (χ1) is 6.22. The number of hydrogen-bond donors (Lipinski definition) is 1. The molecule has 0 spiro atoms. The van der Waals surface area contributed by atoms with E-state index in [1.54, 1.807) is 7.11 Å². The van der Waals surface area contributed by atoms with Gasteiger partial charge in [-0.2, -0.15) is 0 Å². The summed E-state index contributed by atoms with van der Waals surface area (Å²) in [5, 5.41) is 0. The molecule has 0 bridgehead atoms. The van der Waals surface area contributed by atoms with E-state index in [0.29, 0.717) is 0 Å². The standard InChI is InChI=1S/C11H15NO/c1-7-3-4-9-8(5-7)6-10(13-2)11(9)12/h3-5,10-11H,6,12H2,1-2H3/t10-,11+/m0/s1. The van der Waals surface area contributed by atoms with Crippen LogP contribution in [0, 0.1) is 6.92 Å². The Balaban J connectivity index is 2.38. The van der Waals surface area contributed by atoms with Crippen LogP contribution in [-0.2, 0) is 11.2 Å². The predicted molar refractivity (Wildman–Crippen MR) is 52.6 cm³/mol. The van der Waals surface area contributed by atoms with E-state index < -0.39 is 0 Å². The van der Waals surface area contributed by atoms with Gasteiger partial charge in [-0.25, -0.2) is 0 Å². The smallest absolute Gasteiger partial charge is 0.0804 e. The number of rotatable bonds is 1. The van der Waals surface area contributed by atoms with E-state index in [-0.39, 0.29) is 12.1 Å². The van der Waals surface area contributed by atoms with Crippen molar-refractivity contribution < 1.29 is 4.74 Å². The molecule has 1 aliphatic carbocycles. The van der Waals surface area contributed by atoms with Crippen molar-refractivity contribution >= 4 is 0 Å². The lowest BCUT2D eigenvalue weighted by Crippen LogP contribution is -2.23. The van der Waals surface area contributed by atoms with E-state index in [1.165, 1.54) is 16.7 Å². The molecule has 0 fully saturated rings. The molecule has 0 amide bonds. The molecule has 0 heterocycles. The summed E-state index contributed by atoms with van der Waals surface area (Å²) in [6, 6.07) is 6.49. The Bertz CT molecular complexity index is 322. The maximum absolute atomic E-state index is 6.03. The van der Waals surface area contributed by atoms with Crippen LogP contribution in [0.1, 0.15) is 22.7 Å². The molecular weight excluding hydrogens is 162 g/mol. The second kappa shape index (κ2) is 3.13. The van der Waals surface area contributed by atoms with Crippen molar-refractivity contribution in [2.75, 3.05) is 7.11 Å². The topological polar surface area (TPSA) is 35.2 Å². The summed E-state index contributed by atoms with van der Waals surface area (Å²) in [5.74, 6) is 0. The number of aryl methyl sites for hydroxylation is 1. The van der Waals surface area contributed by atoms with Crippen LogP contribution in [0.4, 0.5) is 0 Å². The van der Waals surface area contributed by atoms with Crippen LogP contribution >= 0.6 is 0 Å². The van der Waals surface area contributed by atoms with E-state index in [4.69, 9.17) is 10.5 Å². The van der Waals surface area contributed by atoms with Crippen LogP contribution in [0.2, 0.25) is 0 Å². The Hall–Kier alpha value is -0.860. The summed E-state index contributed by atoms with van der Waals surface area (Å²) >= 11 is 0. The van der Waals surface area contributed by atoms with Crippen molar-refractivity contribution in [1.29, 1.82) is 0 Å². The van der Waals surface area contributed by atoms with Crippen molar-refractivity contribution in [2.45, 2.75) is 25.5 Å². The van der Waals surface area contributed by atoms with E-state index in [2.05, 4.69) is 25.1 Å². The maximum Gasteiger partial charge on any atom is 0.0804 e. The average molecular weight is 177 g/mol. The third kappa shape index (κ3) is 1.36. The van der Waals surface area contributed by atoms with Crippen molar-refractivity contribution in [2.24, 2.45) is 5.73 Å². The Morgan fingerprint density at radius 3 is 2.92 bits per heavy atom. The fourth-order valence-electron chi connectivity index (χ4n) is 2.01. The zero-order valence-corrected chi connectivity index (χ0v) is 8.08. The van der Waals surface area contributed by atoms with Crippen LogP contribution in [0.25, 0.3) is 0 Å². The Morgan fingerprint density at radius 1 is 1.46 bits per heavy atom. The lowest BCUT2D eigenvalue weighted by molar-refractivity contribution is 0.0907. The van der Waals surface area contributed by atoms with Crippen molar-refractivity contribution in [3.05, 3.63) is 34.9 Å². The lowest BCUT2D eigenvalue weighted by atomic mass is 10.1. The maximum atomic E-state index is 6.03. The first kappa shape index (κ1) is 8.73. The minimum Gasteiger partial charge on any atom is -0.379 e. The highest BCUT2D eigenvalue weighted by atomic mass is 16.5. The lowest BCUT2D eigenvalue weighted by Gasteiger charge is -2.13. The molecule has 70 valence electrons. The predicted octanol–water partition coefficient (Wildman–Crippen LogP) is 1.57. The molecule has 2 heteroatoms. The monoisotopic (exact) mass is 177 g/mol. The van der Waals surface area contributed by atoms with Gasteiger partial charge in [0.15, 0.2) is 0 Å². The van der Waals surface area contributed by atoms with Gasteiger partial charge < -0.3 is 10.5 Å². The number of benzene rings is 1. The number of ether oxygens (including phenoxy) is 1. The molecule has 2 atom stereocenters. The molecule has 2 N–H and O–H groups in total. The first-order valence-corrected chi connectivity index (χ1v) is 4.60. The second-order valence-electron chi connectivity index (χ2n) is 3.71. The van der Waals surface area contributed by atoms with Crippen LogP contribution < -0.4 is 5.73 Å². The van der Waals surface area contributed by atoms with Gasteiger partial charge in [0.2, 0.25) is 0 Å². The summed E-state index contributed by atoms with van der Waals surface area (Å²) in [5.41, 5.74) is 9.91. The summed E-state index contributed by atoms with van der Waals surface area (Å²) < 4.78 is 5.32. The summed E-state index contributed by atoms with van der Waals surface area (Å²) in [4.78, 5) is 0. The van der Waals surface area contributed by atoms with Crippen molar-refractivity contribution in [1.82, 2.24) is 0 Å². The van der Waals surface area contributed by atoms with Crippen molar-refractivity contribution in [3.8, 4) is 0 Å². The normalized spacial score (nSPS) is 26.1. The van der Waals surface area contributed by atoms with Crippen LogP contribution in [-0.4, -0.2) is 13.2 Å². The molecule has 0 saturated carbocycles. The minimum atomic E-state index is 0.0561. The molecular formula is C11H15NO. The van der Waals surface area contributed by atoms with E-state index >= 15 is 0 Å². The molecule has 0 aliphatic heterocycles. The van der Waals surface area contributed by atoms with Crippen LogP contribution in [0.3, 0.4) is 0 Å². The Kier molecular flexibility index (Phi) is 2.10. The third-order valence-electron chi connectivity index (χ3n) is 2.78. The third-order valence-corrected chi connectivity index (χ3v) is 2.78. The second-order valence-corrected chi connectivity index (χ2v) is 3.71. The summed E-state index contributed by atoms with van der Waals surface area (Å²) in [6.45, 7) is 2.10. The molecule has 0 radical (unpaired) electrons. The zero-order chi connectivity index (χ0) is 9.42. The number of hydrogen-bond acceptors (Lipinski definition) is 2. The van der Waals surface area contributed by atoms with Crippen LogP contribution in [0.5, 0.6) is 0 Å². The molecule has 0 saturated heterocycles. The number of methoxy groups -OCH3 is 1. The fraction of sp³-hybridized carbons (Fsp3) is 0.455. The number of nitrogens with two attached hydrogens (primary N) is 1. The van der Waals surface area contributed by atoms with Crippen molar-refractivity contribution in [3.63, 3.8) is 0 Å². The molecule has 2 nitrogen and oxygen atoms in total. The van der Waals surface area contributed by atoms with Gasteiger partial charge in [0.1, 0.15) is 0 Å². The van der Waals surface area contributed by atoms with Crippen LogP contribution in [0.15, 0.2) is 18.2 Å². The molecule has 1 aliphatic rings. The summed E-state index contributed by atoms with van der Waals surface area (Å²) in [7, 11) is 1.73. The average Bonchev–Trinajstić information content (AvgIpc) is 2.42. The number of fused-ring (bicyclic) bond motifs is 1. The van der Waals surface area contributed by atoms with Gasteiger partial charge in [-0.1, -0.05) is 23.8 Å². The molecule has 0 aromatic heterocycles. The quantitative estimate of drug-likeness (QED) is 0.706. The SMILES string of the molecule is CO[C@H]1Cc2cc(C)ccc2[C@H]1N.